The zero-order valence-corrected chi connectivity index (χ0v) is 17.7. The Morgan fingerprint density at radius 1 is 1.10 bits per heavy atom. The molecule has 0 bridgehead atoms. The van der Waals surface area contributed by atoms with Crippen LogP contribution in [0.25, 0.3) is 6.08 Å². The molecule has 2 aromatic carbocycles. The Labute approximate surface area is 173 Å². The summed E-state index contributed by atoms with van der Waals surface area (Å²) in [5.41, 5.74) is 9.52. The Balaban J connectivity index is 1.46. The van der Waals surface area contributed by atoms with Gasteiger partial charge in [-0.2, -0.15) is 0 Å². The van der Waals surface area contributed by atoms with Crippen molar-refractivity contribution < 1.29 is 10.2 Å². The molecule has 1 aliphatic heterocycles. The van der Waals surface area contributed by atoms with Crippen molar-refractivity contribution in [3.8, 4) is 5.75 Å². The molecule has 4 heteroatoms. The van der Waals surface area contributed by atoms with Crippen molar-refractivity contribution in [2.24, 2.45) is 0 Å². The van der Waals surface area contributed by atoms with E-state index in [0.717, 1.165) is 49.0 Å². The second-order valence-corrected chi connectivity index (χ2v) is 8.43. The van der Waals surface area contributed by atoms with Gasteiger partial charge in [0.05, 0.1) is 11.8 Å². The maximum atomic E-state index is 10.9. The van der Waals surface area contributed by atoms with Crippen LogP contribution in [-0.2, 0) is 25.7 Å². The third kappa shape index (κ3) is 3.92. The molecular weight excluding hydrogens is 360 g/mol. The zero-order valence-electron chi connectivity index (χ0n) is 17.7. The fraction of sp³-hybridized carbons (Fsp3) is 0.440. The molecule has 1 heterocycles. The second-order valence-electron chi connectivity index (χ2n) is 8.43. The van der Waals surface area contributed by atoms with Gasteiger partial charge >= 0.3 is 0 Å². The van der Waals surface area contributed by atoms with Crippen molar-refractivity contribution in [3.63, 3.8) is 0 Å². The van der Waals surface area contributed by atoms with Crippen LogP contribution >= 0.6 is 0 Å². The summed E-state index contributed by atoms with van der Waals surface area (Å²) in [4.78, 5) is 0. The van der Waals surface area contributed by atoms with Gasteiger partial charge in [0, 0.05) is 24.7 Å². The van der Waals surface area contributed by atoms with E-state index in [1.165, 1.54) is 27.8 Å². The first-order valence-electron chi connectivity index (χ1n) is 10.8. The Morgan fingerprint density at radius 3 is 2.38 bits per heavy atom. The van der Waals surface area contributed by atoms with Crippen molar-refractivity contribution in [3.05, 3.63) is 63.2 Å². The van der Waals surface area contributed by atoms with Gasteiger partial charge in [-0.3, -0.25) is 0 Å². The lowest BCUT2D eigenvalue weighted by atomic mass is 9.95. The number of aromatic hydroxyl groups is 1. The van der Waals surface area contributed by atoms with Gasteiger partial charge in [0.2, 0.25) is 0 Å². The van der Waals surface area contributed by atoms with E-state index < -0.39 is 6.10 Å². The SMILES string of the molecule is CCc1cc2c(cc1CC)CC(NCC(O)c1ccc(O)c3c1C=C(C)CN3)C2. The molecule has 2 aromatic rings. The van der Waals surface area contributed by atoms with Crippen molar-refractivity contribution in [2.45, 2.75) is 58.6 Å². The Bertz CT molecular complexity index is 915. The lowest BCUT2D eigenvalue weighted by Crippen LogP contribution is -2.33. The molecule has 0 saturated carbocycles. The lowest BCUT2D eigenvalue weighted by molar-refractivity contribution is 0.170. The molecule has 154 valence electrons. The number of phenols is 1. The molecule has 4 N–H and O–H groups in total. The smallest absolute Gasteiger partial charge is 0.139 e. The van der Waals surface area contributed by atoms with E-state index in [0.29, 0.717) is 12.6 Å². The molecule has 2 aliphatic rings. The van der Waals surface area contributed by atoms with Crippen LogP contribution in [0.15, 0.2) is 29.8 Å². The molecule has 1 aliphatic carbocycles. The standard InChI is InChI=1S/C25H32N2O2/c1-4-16-9-18-11-20(12-19(18)10-17(16)5-2)26-14-24(29)21-6-7-23(28)25-22(21)8-15(3)13-27-25/h6-10,20,24,26-29H,4-5,11-14H2,1-3H3. The highest BCUT2D eigenvalue weighted by Gasteiger charge is 2.25. The van der Waals surface area contributed by atoms with Crippen molar-refractivity contribution >= 4 is 11.8 Å². The van der Waals surface area contributed by atoms with Crippen LogP contribution in [0.5, 0.6) is 5.75 Å². The van der Waals surface area contributed by atoms with Crippen LogP contribution < -0.4 is 10.6 Å². The summed E-state index contributed by atoms with van der Waals surface area (Å²) >= 11 is 0. The number of benzene rings is 2. The minimum Gasteiger partial charge on any atom is -0.506 e. The molecule has 0 spiro atoms. The summed E-state index contributed by atoms with van der Waals surface area (Å²) in [7, 11) is 0. The van der Waals surface area contributed by atoms with Crippen molar-refractivity contribution in [1.82, 2.24) is 5.32 Å². The second kappa shape index (κ2) is 8.21. The number of rotatable bonds is 6. The molecule has 1 unspecified atom stereocenters. The first-order chi connectivity index (χ1) is 14.0. The van der Waals surface area contributed by atoms with E-state index >= 15 is 0 Å². The lowest BCUT2D eigenvalue weighted by Gasteiger charge is -2.24. The summed E-state index contributed by atoms with van der Waals surface area (Å²) in [6, 6.07) is 8.65. The van der Waals surface area contributed by atoms with Gasteiger partial charge in [-0.05, 0) is 66.5 Å². The highest BCUT2D eigenvalue weighted by Crippen LogP contribution is 2.37. The normalized spacial score (nSPS) is 16.8. The van der Waals surface area contributed by atoms with E-state index in [2.05, 4.69) is 49.6 Å². The predicted octanol–water partition coefficient (Wildman–Crippen LogP) is 4.14. The molecule has 29 heavy (non-hydrogen) atoms. The third-order valence-electron chi connectivity index (χ3n) is 6.37. The fourth-order valence-electron chi connectivity index (χ4n) is 4.75. The zero-order chi connectivity index (χ0) is 20.5. The molecule has 4 rings (SSSR count). The van der Waals surface area contributed by atoms with Crippen LogP contribution in [-0.4, -0.2) is 29.3 Å². The van der Waals surface area contributed by atoms with Gasteiger partial charge in [-0.1, -0.05) is 43.7 Å². The number of aliphatic hydroxyl groups is 1. The van der Waals surface area contributed by atoms with E-state index in [1.807, 2.05) is 6.07 Å². The Morgan fingerprint density at radius 2 is 1.76 bits per heavy atom. The van der Waals surface area contributed by atoms with Crippen LogP contribution in [0.4, 0.5) is 5.69 Å². The molecule has 4 nitrogen and oxygen atoms in total. The average molecular weight is 393 g/mol. The van der Waals surface area contributed by atoms with Crippen LogP contribution in [0.1, 0.15) is 60.3 Å². The maximum absolute atomic E-state index is 10.9. The summed E-state index contributed by atoms with van der Waals surface area (Å²) in [5.74, 6) is 0.234. The minimum absolute atomic E-state index is 0.234. The number of phenolic OH excluding ortho intramolecular Hbond substituents is 1. The molecule has 0 radical (unpaired) electrons. The van der Waals surface area contributed by atoms with Crippen molar-refractivity contribution in [2.75, 3.05) is 18.4 Å². The number of nitrogens with one attached hydrogen (secondary N) is 2. The monoisotopic (exact) mass is 392 g/mol. The summed E-state index contributed by atoms with van der Waals surface area (Å²) < 4.78 is 0. The first-order valence-corrected chi connectivity index (χ1v) is 10.8. The fourth-order valence-corrected chi connectivity index (χ4v) is 4.75. The Kier molecular flexibility index (Phi) is 5.66. The van der Waals surface area contributed by atoms with E-state index in [9.17, 15) is 10.2 Å². The van der Waals surface area contributed by atoms with Crippen LogP contribution in [0.3, 0.4) is 0 Å². The first kappa shape index (κ1) is 20.0. The van der Waals surface area contributed by atoms with E-state index in [1.54, 1.807) is 6.07 Å². The number of fused-ring (bicyclic) bond motifs is 2. The highest BCUT2D eigenvalue weighted by molar-refractivity contribution is 5.79. The van der Waals surface area contributed by atoms with Gasteiger partial charge in [-0.15, -0.1) is 0 Å². The van der Waals surface area contributed by atoms with Gasteiger partial charge in [0.25, 0.3) is 0 Å². The van der Waals surface area contributed by atoms with E-state index in [-0.39, 0.29) is 5.75 Å². The Hall–Kier alpha value is -2.30. The number of hydrogen-bond acceptors (Lipinski definition) is 4. The van der Waals surface area contributed by atoms with Crippen LogP contribution in [0, 0.1) is 0 Å². The predicted molar refractivity (Wildman–Crippen MR) is 120 cm³/mol. The highest BCUT2D eigenvalue weighted by atomic mass is 16.3. The molecular formula is C25H32N2O2. The van der Waals surface area contributed by atoms with Gasteiger partial charge in [0.15, 0.2) is 0 Å². The van der Waals surface area contributed by atoms with Gasteiger partial charge in [-0.25, -0.2) is 0 Å². The summed E-state index contributed by atoms with van der Waals surface area (Å²) in [6.07, 6.45) is 5.66. The number of hydrogen-bond donors (Lipinski definition) is 4. The number of anilines is 1. The third-order valence-corrected chi connectivity index (χ3v) is 6.37. The largest absolute Gasteiger partial charge is 0.506 e. The maximum Gasteiger partial charge on any atom is 0.139 e. The van der Waals surface area contributed by atoms with E-state index in [4.69, 9.17) is 0 Å². The molecule has 0 amide bonds. The molecule has 0 aromatic heterocycles. The molecule has 1 atom stereocenters. The van der Waals surface area contributed by atoms with Gasteiger partial charge in [0.1, 0.15) is 5.75 Å². The number of aryl methyl sites for hydroxylation is 2. The number of aliphatic hydroxyl groups excluding tert-OH is 1. The van der Waals surface area contributed by atoms with Gasteiger partial charge < -0.3 is 20.8 Å². The quantitative estimate of drug-likeness (QED) is 0.558. The minimum atomic E-state index is -0.616. The van der Waals surface area contributed by atoms with Crippen molar-refractivity contribution in [1.29, 1.82) is 0 Å². The molecule has 0 fully saturated rings. The summed E-state index contributed by atoms with van der Waals surface area (Å²) in [6.45, 7) is 7.73. The summed E-state index contributed by atoms with van der Waals surface area (Å²) in [5, 5.41) is 27.9. The molecule has 0 saturated heterocycles. The van der Waals surface area contributed by atoms with Crippen LogP contribution in [0.2, 0.25) is 0 Å². The average Bonchev–Trinajstić information content (AvgIpc) is 3.12. The topological polar surface area (TPSA) is 64.5 Å².